The van der Waals surface area contributed by atoms with Gasteiger partial charge in [0.25, 0.3) is 5.91 Å². The topological polar surface area (TPSA) is 72.3 Å². The summed E-state index contributed by atoms with van der Waals surface area (Å²) in [4.78, 5) is 13.1. The highest BCUT2D eigenvalue weighted by Crippen LogP contribution is 2.37. The van der Waals surface area contributed by atoms with Gasteiger partial charge in [-0.15, -0.1) is 0 Å². The third-order valence-corrected chi connectivity index (χ3v) is 3.68. The summed E-state index contributed by atoms with van der Waals surface area (Å²) >= 11 is 0. The number of hydrogen-bond acceptors (Lipinski definition) is 3. The maximum Gasteiger partial charge on any atom is 0.250 e. The normalized spacial score (nSPS) is 16.4. The minimum absolute atomic E-state index is 0.0798. The van der Waals surface area contributed by atoms with Crippen LogP contribution in [0.5, 0.6) is 0 Å². The Morgan fingerprint density at radius 2 is 2.11 bits per heavy atom. The number of amides is 1. The van der Waals surface area contributed by atoms with Crippen molar-refractivity contribution in [3.05, 3.63) is 23.5 Å². The molecule has 4 N–H and O–H groups in total. The molecule has 0 bridgehead atoms. The average Bonchev–Trinajstić information content (AvgIpc) is 3.10. The number of carbonyl (C=O) groups excluding carboxylic acids is 1. The molecule has 0 spiro atoms. The molecule has 5 heteroatoms. The molecule has 1 fully saturated rings. The van der Waals surface area contributed by atoms with Gasteiger partial charge < -0.3 is 16.4 Å². The zero-order valence-corrected chi connectivity index (χ0v) is 10.6. The van der Waals surface area contributed by atoms with E-state index < -0.39 is 11.7 Å². The first-order valence-corrected chi connectivity index (χ1v) is 6.03. The number of benzene rings is 1. The average molecular weight is 251 g/mol. The van der Waals surface area contributed by atoms with Gasteiger partial charge in [-0.2, -0.15) is 0 Å². The number of rotatable bonds is 4. The fourth-order valence-electron chi connectivity index (χ4n) is 2.18. The first kappa shape index (κ1) is 12.7. The van der Waals surface area contributed by atoms with E-state index in [-0.39, 0.29) is 17.3 Å². The van der Waals surface area contributed by atoms with Gasteiger partial charge in [0.1, 0.15) is 5.82 Å². The molecule has 18 heavy (non-hydrogen) atoms. The van der Waals surface area contributed by atoms with E-state index in [2.05, 4.69) is 6.92 Å². The Bertz CT molecular complexity index is 485. The summed E-state index contributed by atoms with van der Waals surface area (Å²) < 4.78 is 13.9. The molecule has 0 aromatic heterocycles. The van der Waals surface area contributed by atoms with Gasteiger partial charge in [0.2, 0.25) is 0 Å². The first-order valence-electron chi connectivity index (χ1n) is 6.03. The first-order chi connectivity index (χ1) is 8.41. The van der Waals surface area contributed by atoms with Crippen molar-refractivity contribution in [3.63, 3.8) is 0 Å². The van der Waals surface area contributed by atoms with E-state index in [1.807, 2.05) is 11.9 Å². The van der Waals surface area contributed by atoms with E-state index in [1.165, 1.54) is 18.9 Å². The van der Waals surface area contributed by atoms with E-state index in [9.17, 15) is 9.18 Å². The monoisotopic (exact) mass is 251 g/mol. The molecule has 0 radical (unpaired) electrons. The Kier molecular flexibility index (Phi) is 3.15. The lowest BCUT2D eigenvalue weighted by Crippen LogP contribution is -2.31. The number of carbonyl (C=O) groups is 1. The van der Waals surface area contributed by atoms with Crippen molar-refractivity contribution in [1.82, 2.24) is 0 Å². The second kappa shape index (κ2) is 4.48. The van der Waals surface area contributed by atoms with Crippen LogP contribution in [0.15, 0.2) is 12.1 Å². The molecular formula is C13H18FN3O. The molecule has 1 aliphatic carbocycles. The predicted octanol–water partition coefficient (Wildman–Crippen LogP) is 1.74. The van der Waals surface area contributed by atoms with E-state index in [0.717, 1.165) is 6.07 Å². The number of primary amides is 1. The van der Waals surface area contributed by atoms with E-state index in [4.69, 9.17) is 11.5 Å². The molecule has 2 rings (SSSR count). The van der Waals surface area contributed by atoms with Crippen molar-refractivity contribution < 1.29 is 9.18 Å². The number of nitrogens with zero attached hydrogens (tertiary/aromatic N) is 1. The summed E-state index contributed by atoms with van der Waals surface area (Å²) in [5.74, 6) is -0.460. The van der Waals surface area contributed by atoms with Gasteiger partial charge in [0.05, 0.1) is 11.3 Å². The van der Waals surface area contributed by atoms with Gasteiger partial charge in [-0.3, -0.25) is 4.79 Å². The van der Waals surface area contributed by atoms with Crippen LogP contribution in [0.2, 0.25) is 0 Å². The summed E-state index contributed by atoms with van der Waals surface area (Å²) in [6.07, 6.45) is 2.34. The predicted molar refractivity (Wildman–Crippen MR) is 69.9 cm³/mol. The molecule has 1 aliphatic rings. The molecule has 1 aromatic carbocycles. The van der Waals surface area contributed by atoms with Crippen molar-refractivity contribution in [2.75, 3.05) is 17.7 Å². The molecule has 98 valence electrons. The minimum Gasteiger partial charge on any atom is -0.398 e. The SMILES string of the molecule is CC(C1CC1)N(C)c1cc(C(N)=O)c(N)cc1F. The second-order valence-corrected chi connectivity index (χ2v) is 4.94. The highest BCUT2D eigenvalue weighted by Gasteiger charge is 2.31. The Hall–Kier alpha value is -1.78. The van der Waals surface area contributed by atoms with Crippen molar-refractivity contribution in [2.45, 2.75) is 25.8 Å². The molecule has 0 heterocycles. The number of nitrogens with two attached hydrogens (primary N) is 2. The largest absolute Gasteiger partial charge is 0.398 e. The molecule has 1 atom stereocenters. The Balaban J connectivity index is 2.36. The lowest BCUT2D eigenvalue weighted by Gasteiger charge is -2.28. The summed E-state index contributed by atoms with van der Waals surface area (Å²) in [6, 6.07) is 2.83. The molecule has 1 unspecified atom stereocenters. The Morgan fingerprint density at radius 1 is 1.50 bits per heavy atom. The third-order valence-electron chi connectivity index (χ3n) is 3.68. The maximum atomic E-state index is 13.9. The number of nitrogen functional groups attached to an aromatic ring is 1. The fourth-order valence-corrected chi connectivity index (χ4v) is 2.18. The Morgan fingerprint density at radius 3 is 2.61 bits per heavy atom. The lowest BCUT2D eigenvalue weighted by molar-refractivity contribution is 0.100. The summed E-state index contributed by atoms with van der Waals surface area (Å²) in [5, 5.41) is 0. The number of anilines is 2. The molecule has 1 aromatic rings. The van der Waals surface area contributed by atoms with Crippen LogP contribution >= 0.6 is 0 Å². The molecule has 0 aliphatic heterocycles. The second-order valence-electron chi connectivity index (χ2n) is 4.94. The zero-order chi connectivity index (χ0) is 13.4. The molecular weight excluding hydrogens is 233 g/mol. The third kappa shape index (κ3) is 2.25. The summed E-state index contributed by atoms with van der Waals surface area (Å²) in [7, 11) is 1.82. The minimum atomic E-state index is -0.638. The fraction of sp³-hybridized carbons (Fsp3) is 0.462. The smallest absolute Gasteiger partial charge is 0.250 e. The number of hydrogen-bond donors (Lipinski definition) is 2. The van der Waals surface area contributed by atoms with E-state index >= 15 is 0 Å². The van der Waals surface area contributed by atoms with Crippen LogP contribution in [0.4, 0.5) is 15.8 Å². The van der Waals surface area contributed by atoms with Gasteiger partial charge in [-0.05, 0) is 37.8 Å². The van der Waals surface area contributed by atoms with Crippen LogP contribution in [0, 0.1) is 11.7 Å². The van der Waals surface area contributed by atoms with Gasteiger partial charge in [-0.1, -0.05) is 0 Å². The van der Waals surface area contributed by atoms with Gasteiger partial charge in [0, 0.05) is 18.8 Å². The zero-order valence-electron chi connectivity index (χ0n) is 10.6. The molecule has 0 saturated heterocycles. The van der Waals surface area contributed by atoms with Crippen LogP contribution in [-0.4, -0.2) is 19.0 Å². The van der Waals surface area contributed by atoms with Gasteiger partial charge in [0.15, 0.2) is 0 Å². The summed E-state index contributed by atoms with van der Waals surface area (Å²) in [5.41, 5.74) is 11.4. The van der Waals surface area contributed by atoms with Gasteiger partial charge >= 0.3 is 0 Å². The lowest BCUT2D eigenvalue weighted by atomic mass is 10.1. The van der Waals surface area contributed by atoms with Gasteiger partial charge in [-0.25, -0.2) is 4.39 Å². The molecule has 1 amide bonds. The van der Waals surface area contributed by atoms with E-state index in [0.29, 0.717) is 11.6 Å². The van der Waals surface area contributed by atoms with E-state index in [1.54, 1.807) is 0 Å². The van der Waals surface area contributed by atoms with Crippen LogP contribution in [0.25, 0.3) is 0 Å². The standard InChI is InChI=1S/C13H18FN3O/c1-7(8-3-4-8)17(2)12-5-9(13(16)18)11(15)6-10(12)14/h5-8H,3-4,15H2,1-2H3,(H2,16,18). The molecule has 4 nitrogen and oxygen atoms in total. The highest BCUT2D eigenvalue weighted by molar-refractivity contribution is 5.99. The quantitative estimate of drug-likeness (QED) is 0.801. The highest BCUT2D eigenvalue weighted by atomic mass is 19.1. The van der Waals surface area contributed by atoms with Crippen molar-refractivity contribution in [3.8, 4) is 0 Å². The molecule has 1 saturated carbocycles. The van der Waals surface area contributed by atoms with Crippen molar-refractivity contribution in [2.24, 2.45) is 11.7 Å². The Labute approximate surface area is 106 Å². The summed E-state index contributed by atoms with van der Waals surface area (Å²) in [6.45, 7) is 2.05. The maximum absolute atomic E-state index is 13.9. The van der Waals surface area contributed by atoms with Crippen molar-refractivity contribution >= 4 is 17.3 Å². The van der Waals surface area contributed by atoms with Crippen LogP contribution in [-0.2, 0) is 0 Å². The number of halogens is 1. The van der Waals surface area contributed by atoms with Crippen molar-refractivity contribution in [1.29, 1.82) is 0 Å². The van der Waals surface area contributed by atoms with Crippen LogP contribution < -0.4 is 16.4 Å². The van der Waals surface area contributed by atoms with Crippen LogP contribution in [0.3, 0.4) is 0 Å². The van der Waals surface area contributed by atoms with Crippen LogP contribution in [0.1, 0.15) is 30.1 Å².